The highest BCUT2D eigenvalue weighted by molar-refractivity contribution is 5.76. The molecule has 0 unspecified atom stereocenters. The molecule has 0 radical (unpaired) electrons. The Morgan fingerprint density at radius 1 is 1.32 bits per heavy atom. The van der Waals surface area contributed by atoms with Crippen LogP contribution in [0.1, 0.15) is 17.5 Å². The normalized spacial score (nSPS) is 10.2. The van der Waals surface area contributed by atoms with Gasteiger partial charge >= 0.3 is 0 Å². The van der Waals surface area contributed by atoms with E-state index in [1.807, 2.05) is 13.0 Å². The van der Waals surface area contributed by atoms with Gasteiger partial charge in [-0.05, 0) is 18.6 Å². The highest BCUT2D eigenvalue weighted by Gasteiger charge is 2.14. The second kappa shape index (κ2) is 6.99. The van der Waals surface area contributed by atoms with Crippen molar-refractivity contribution in [3.05, 3.63) is 23.3 Å². The summed E-state index contributed by atoms with van der Waals surface area (Å²) in [4.78, 5) is 13.3. The molecule has 0 fully saturated rings. The Morgan fingerprint density at radius 2 is 2.00 bits per heavy atom. The molecule has 1 aromatic carbocycles. The maximum absolute atomic E-state index is 11.7. The van der Waals surface area contributed by atoms with Crippen LogP contribution in [0.3, 0.4) is 0 Å². The van der Waals surface area contributed by atoms with E-state index in [1.165, 1.54) is 0 Å². The average Bonchev–Trinajstić information content (AvgIpc) is 2.40. The van der Waals surface area contributed by atoms with Crippen LogP contribution in [0.15, 0.2) is 12.1 Å². The van der Waals surface area contributed by atoms with Crippen LogP contribution in [-0.2, 0) is 11.3 Å². The van der Waals surface area contributed by atoms with Crippen LogP contribution in [0, 0.1) is 6.92 Å². The Morgan fingerprint density at radius 3 is 2.53 bits per heavy atom. The smallest absolute Gasteiger partial charge is 0.224 e. The van der Waals surface area contributed by atoms with Gasteiger partial charge in [0, 0.05) is 31.6 Å². The minimum Gasteiger partial charge on any atom is -0.497 e. The Kier molecular flexibility index (Phi) is 5.63. The van der Waals surface area contributed by atoms with Crippen molar-refractivity contribution in [1.82, 2.24) is 4.90 Å². The molecule has 1 N–H and O–H groups in total. The molecular weight excluding hydrogens is 246 g/mol. The number of benzene rings is 1. The first-order valence-corrected chi connectivity index (χ1v) is 6.09. The van der Waals surface area contributed by atoms with Crippen LogP contribution in [0.4, 0.5) is 0 Å². The molecule has 0 saturated heterocycles. The van der Waals surface area contributed by atoms with Crippen LogP contribution in [0.2, 0.25) is 0 Å². The van der Waals surface area contributed by atoms with Crippen molar-refractivity contribution < 1.29 is 19.4 Å². The van der Waals surface area contributed by atoms with Gasteiger partial charge in [-0.3, -0.25) is 4.79 Å². The van der Waals surface area contributed by atoms with Crippen molar-refractivity contribution in [2.75, 3.05) is 27.9 Å². The molecule has 0 aliphatic rings. The molecule has 0 heterocycles. The summed E-state index contributed by atoms with van der Waals surface area (Å²) in [5.41, 5.74) is 1.94. The molecule has 0 aliphatic carbocycles. The summed E-state index contributed by atoms with van der Waals surface area (Å²) in [7, 11) is 4.90. The second-order valence-corrected chi connectivity index (χ2v) is 4.35. The van der Waals surface area contributed by atoms with E-state index in [1.54, 1.807) is 32.2 Å². The first-order valence-electron chi connectivity index (χ1n) is 6.09. The fourth-order valence-electron chi connectivity index (χ4n) is 1.87. The molecule has 1 aromatic rings. The van der Waals surface area contributed by atoms with E-state index in [0.29, 0.717) is 12.3 Å². The third-order valence-electron chi connectivity index (χ3n) is 3.01. The molecule has 0 atom stereocenters. The molecule has 0 saturated carbocycles. The summed E-state index contributed by atoms with van der Waals surface area (Å²) in [5, 5.41) is 8.79. The van der Waals surface area contributed by atoms with Crippen LogP contribution in [0.25, 0.3) is 0 Å². The molecular formula is C14H21NO4. The van der Waals surface area contributed by atoms with Gasteiger partial charge in [0.25, 0.3) is 0 Å². The Hall–Kier alpha value is -1.75. The second-order valence-electron chi connectivity index (χ2n) is 4.35. The lowest BCUT2D eigenvalue weighted by Crippen LogP contribution is -2.27. The number of aliphatic hydroxyl groups is 1. The summed E-state index contributed by atoms with van der Waals surface area (Å²) in [5.74, 6) is 1.32. The summed E-state index contributed by atoms with van der Waals surface area (Å²) in [6.45, 7) is 2.25. The number of amides is 1. The highest BCUT2D eigenvalue weighted by Crippen LogP contribution is 2.29. The quantitative estimate of drug-likeness (QED) is 0.845. The van der Waals surface area contributed by atoms with Crippen molar-refractivity contribution in [3.63, 3.8) is 0 Å². The maximum atomic E-state index is 11.7. The van der Waals surface area contributed by atoms with Crippen molar-refractivity contribution >= 4 is 5.91 Å². The number of nitrogens with zero attached hydrogens (tertiary/aromatic N) is 1. The fraction of sp³-hybridized carbons (Fsp3) is 0.500. The van der Waals surface area contributed by atoms with Gasteiger partial charge in [-0.25, -0.2) is 0 Å². The molecule has 5 heteroatoms. The standard InChI is InChI=1S/C14H21NO4/c1-10-7-11(18-3)8-13(19-4)12(10)9-15(2)14(17)5-6-16/h7-8,16H,5-6,9H2,1-4H3. The Labute approximate surface area is 113 Å². The summed E-state index contributed by atoms with van der Waals surface area (Å²) in [6, 6.07) is 3.70. The number of carbonyl (C=O) groups excluding carboxylic acids is 1. The van der Waals surface area contributed by atoms with Crippen molar-refractivity contribution in [2.45, 2.75) is 19.9 Å². The molecule has 1 amide bonds. The third kappa shape index (κ3) is 3.86. The van der Waals surface area contributed by atoms with E-state index in [4.69, 9.17) is 14.6 Å². The predicted octanol–water partition coefficient (Wildman–Crippen LogP) is 1.35. The van der Waals surface area contributed by atoms with E-state index in [9.17, 15) is 4.79 Å². The molecule has 1 rings (SSSR count). The number of methoxy groups -OCH3 is 2. The zero-order valence-corrected chi connectivity index (χ0v) is 11.9. The number of aliphatic hydroxyl groups excluding tert-OH is 1. The number of carbonyl (C=O) groups is 1. The monoisotopic (exact) mass is 267 g/mol. The molecule has 0 aliphatic heterocycles. The van der Waals surface area contributed by atoms with Gasteiger partial charge < -0.3 is 19.5 Å². The van der Waals surface area contributed by atoms with E-state index < -0.39 is 0 Å². The topological polar surface area (TPSA) is 59.0 Å². The van der Waals surface area contributed by atoms with Gasteiger partial charge in [0.05, 0.1) is 20.8 Å². The summed E-state index contributed by atoms with van der Waals surface area (Å²) in [6.07, 6.45) is 0.133. The van der Waals surface area contributed by atoms with Crippen LogP contribution in [-0.4, -0.2) is 43.8 Å². The first kappa shape index (κ1) is 15.3. The van der Waals surface area contributed by atoms with Gasteiger partial charge in [0.1, 0.15) is 11.5 Å². The SMILES string of the molecule is COc1cc(C)c(CN(C)C(=O)CCO)c(OC)c1. The average molecular weight is 267 g/mol. The highest BCUT2D eigenvalue weighted by atomic mass is 16.5. The first-order chi connectivity index (χ1) is 9.03. The predicted molar refractivity (Wildman–Crippen MR) is 72.5 cm³/mol. The van der Waals surface area contributed by atoms with Crippen molar-refractivity contribution in [3.8, 4) is 11.5 Å². The lowest BCUT2D eigenvalue weighted by Gasteiger charge is -2.20. The summed E-state index contributed by atoms with van der Waals surface area (Å²) >= 11 is 0. The van der Waals surface area contributed by atoms with E-state index in [0.717, 1.165) is 16.9 Å². The maximum Gasteiger partial charge on any atom is 0.224 e. The van der Waals surface area contributed by atoms with Gasteiger partial charge in [-0.15, -0.1) is 0 Å². The number of hydrogen-bond donors (Lipinski definition) is 1. The fourth-order valence-corrected chi connectivity index (χ4v) is 1.87. The molecule has 19 heavy (non-hydrogen) atoms. The van der Waals surface area contributed by atoms with Crippen molar-refractivity contribution in [2.24, 2.45) is 0 Å². The number of ether oxygens (including phenoxy) is 2. The minimum atomic E-state index is -0.137. The zero-order chi connectivity index (χ0) is 14.4. The summed E-state index contributed by atoms with van der Waals surface area (Å²) < 4.78 is 10.5. The van der Waals surface area contributed by atoms with Gasteiger partial charge in [-0.1, -0.05) is 0 Å². The Bertz CT molecular complexity index is 445. The van der Waals surface area contributed by atoms with Crippen molar-refractivity contribution in [1.29, 1.82) is 0 Å². The minimum absolute atomic E-state index is 0.0974. The molecule has 5 nitrogen and oxygen atoms in total. The number of hydrogen-bond acceptors (Lipinski definition) is 4. The number of rotatable bonds is 6. The molecule has 0 bridgehead atoms. The number of aryl methyl sites for hydroxylation is 1. The lowest BCUT2D eigenvalue weighted by atomic mass is 10.1. The van der Waals surface area contributed by atoms with Gasteiger partial charge in [-0.2, -0.15) is 0 Å². The molecule has 0 aromatic heterocycles. The van der Waals surface area contributed by atoms with E-state index in [-0.39, 0.29) is 18.9 Å². The van der Waals surface area contributed by atoms with Gasteiger partial charge in [0.2, 0.25) is 5.91 Å². The molecule has 0 spiro atoms. The zero-order valence-electron chi connectivity index (χ0n) is 11.9. The van der Waals surface area contributed by atoms with E-state index >= 15 is 0 Å². The van der Waals surface area contributed by atoms with E-state index in [2.05, 4.69) is 0 Å². The van der Waals surface area contributed by atoms with Gasteiger partial charge in [0.15, 0.2) is 0 Å². The molecule has 106 valence electrons. The van der Waals surface area contributed by atoms with Crippen LogP contribution in [0.5, 0.6) is 11.5 Å². The largest absolute Gasteiger partial charge is 0.497 e. The van der Waals surface area contributed by atoms with Crippen LogP contribution < -0.4 is 9.47 Å². The third-order valence-corrected chi connectivity index (χ3v) is 3.01. The van der Waals surface area contributed by atoms with Crippen LogP contribution >= 0.6 is 0 Å². The lowest BCUT2D eigenvalue weighted by molar-refractivity contribution is -0.131. The Balaban J connectivity index is 2.97.